The minimum absolute atomic E-state index is 0.194. The monoisotopic (exact) mass is 194 g/mol. The first-order chi connectivity index (χ1) is 4.91. The Morgan fingerprint density at radius 1 is 1.45 bits per heavy atom. The van der Waals surface area contributed by atoms with Gasteiger partial charge in [-0.1, -0.05) is 0 Å². The van der Waals surface area contributed by atoms with Gasteiger partial charge in [-0.25, -0.2) is 0 Å². The van der Waals surface area contributed by atoms with Crippen LogP contribution in [0.25, 0.3) is 0 Å². The van der Waals surface area contributed by atoms with Gasteiger partial charge in [0.15, 0.2) is 0 Å². The first kappa shape index (κ1) is 8.67. The van der Waals surface area contributed by atoms with Crippen LogP contribution in [0.1, 0.15) is 9.75 Å². The molecule has 0 amide bonds. The van der Waals surface area contributed by atoms with E-state index in [1.165, 1.54) is 17.4 Å². The highest BCUT2D eigenvalue weighted by Crippen LogP contribution is 2.25. The van der Waals surface area contributed by atoms with Crippen LogP contribution >= 0.6 is 11.3 Å². The highest BCUT2D eigenvalue weighted by Gasteiger charge is 2.16. The van der Waals surface area contributed by atoms with Crippen molar-refractivity contribution in [3.05, 3.63) is 15.8 Å². The van der Waals surface area contributed by atoms with Gasteiger partial charge in [0.25, 0.3) is 0 Å². The summed E-state index contributed by atoms with van der Waals surface area (Å²) in [5, 5.41) is 0. The standard InChI is InChI=1S/C6H7FO2S2/c1-4-3-6(5(2)10-4)11(7,8)9/h3H,1-2H3. The maximum atomic E-state index is 12.4. The molecule has 1 aromatic heterocycles. The molecule has 1 heterocycles. The number of thiophene rings is 1. The predicted molar refractivity (Wildman–Crippen MR) is 42.1 cm³/mol. The van der Waals surface area contributed by atoms with E-state index in [0.29, 0.717) is 4.88 Å². The van der Waals surface area contributed by atoms with Gasteiger partial charge in [0.2, 0.25) is 0 Å². The van der Waals surface area contributed by atoms with Crippen LogP contribution in [0.15, 0.2) is 11.0 Å². The lowest BCUT2D eigenvalue weighted by Crippen LogP contribution is -1.90. The van der Waals surface area contributed by atoms with Crippen molar-refractivity contribution in [1.29, 1.82) is 0 Å². The number of hydrogen-bond donors (Lipinski definition) is 0. The molecule has 2 nitrogen and oxygen atoms in total. The van der Waals surface area contributed by atoms with E-state index in [2.05, 4.69) is 0 Å². The van der Waals surface area contributed by atoms with E-state index >= 15 is 0 Å². The molecule has 0 atom stereocenters. The molecule has 5 heteroatoms. The maximum Gasteiger partial charge on any atom is 0.333 e. The van der Waals surface area contributed by atoms with Crippen molar-refractivity contribution in [3.8, 4) is 0 Å². The van der Waals surface area contributed by atoms with E-state index < -0.39 is 10.2 Å². The molecule has 0 aliphatic heterocycles. The highest BCUT2D eigenvalue weighted by molar-refractivity contribution is 7.86. The van der Waals surface area contributed by atoms with Crippen LogP contribution in [-0.2, 0) is 10.2 Å². The van der Waals surface area contributed by atoms with Gasteiger partial charge in [0.1, 0.15) is 4.90 Å². The van der Waals surface area contributed by atoms with Gasteiger partial charge in [-0.3, -0.25) is 0 Å². The normalized spacial score (nSPS) is 11.9. The zero-order valence-electron chi connectivity index (χ0n) is 6.09. The van der Waals surface area contributed by atoms with Crippen molar-refractivity contribution in [2.45, 2.75) is 18.7 Å². The number of hydrogen-bond acceptors (Lipinski definition) is 3. The lowest BCUT2D eigenvalue weighted by atomic mass is 10.4. The summed E-state index contributed by atoms with van der Waals surface area (Å²) in [5.41, 5.74) is 0. The first-order valence-electron chi connectivity index (χ1n) is 2.93. The van der Waals surface area contributed by atoms with Crippen molar-refractivity contribution < 1.29 is 12.3 Å². The van der Waals surface area contributed by atoms with Crippen molar-refractivity contribution in [2.75, 3.05) is 0 Å². The molecule has 0 saturated heterocycles. The molecule has 62 valence electrons. The summed E-state index contributed by atoms with van der Waals surface area (Å²) in [6.07, 6.45) is 0. The molecule has 1 rings (SSSR count). The van der Waals surface area contributed by atoms with Crippen LogP contribution in [0, 0.1) is 13.8 Å². The molecule has 0 aliphatic rings. The van der Waals surface area contributed by atoms with E-state index in [4.69, 9.17) is 0 Å². The molecule has 11 heavy (non-hydrogen) atoms. The molecule has 0 aromatic carbocycles. The van der Waals surface area contributed by atoms with Crippen LogP contribution in [-0.4, -0.2) is 8.42 Å². The van der Waals surface area contributed by atoms with E-state index in [1.807, 2.05) is 0 Å². The molecular weight excluding hydrogens is 187 g/mol. The largest absolute Gasteiger partial charge is 0.333 e. The van der Waals surface area contributed by atoms with Crippen LogP contribution in [0.5, 0.6) is 0 Å². The van der Waals surface area contributed by atoms with Crippen molar-refractivity contribution in [2.24, 2.45) is 0 Å². The zero-order valence-corrected chi connectivity index (χ0v) is 7.72. The SMILES string of the molecule is Cc1cc(S(=O)(=O)F)c(C)s1. The Labute approximate surface area is 68.9 Å². The highest BCUT2D eigenvalue weighted by atomic mass is 32.3. The van der Waals surface area contributed by atoms with Gasteiger partial charge in [-0.05, 0) is 19.9 Å². The zero-order chi connectivity index (χ0) is 8.65. The van der Waals surface area contributed by atoms with Crippen LogP contribution < -0.4 is 0 Å². The molecule has 0 spiro atoms. The molecule has 1 aromatic rings. The summed E-state index contributed by atoms with van der Waals surface area (Å²) in [6.45, 7) is 3.33. The van der Waals surface area contributed by atoms with Gasteiger partial charge in [0.05, 0.1) is 0 Å². The Balaban J connectivity index is 3.36. The lowest BCUT2D eigenvalue weighted by molar-refractivity contribution is 0.552. The second kappa shape index (κ2) is 2.57. The Kier molecular flexibility index (Phi) is 2.02. The molecular formula is C6H7FO2S2. The fourth-order valence-electron chi connectivity index (χ4n) is 0.850. The molecule has 0 bridgehead atoms. The van der Waals surface area contributed by atoms with Crippen LogP contribution in [0.4, 0.5) is 3.89 Å². The molecule has 0 unspecified atom stereocenters. The quantitative estimate of drug-likeness (QED) is 0.641. The second-order valence-electron chi connectivity index (χ2n) is 2.22. The number of rotatable bonds is 1. The summed E-state index contributed by atoms with van der Waals surface area (Å²) >= 11 is 1.28. The molecule has 0 N–H and O–H groups in total. The fraction of sp³-hybridized carbons (Fsp3) is 0.333. The Bertz CT molecular complexity index is 364. The van der Waals surface area contributed by atoms with Crippen molar-refractivity contribution in [3.63, 3.8) is 0 Å². The average Bonchev–Trinajstić information content (AvgIpc) is 2.08. The number of halogens is 1. The average molecular weight is 194 g/mol. The van der Waals surface area contributed by atoms with Gasteiger partial charge in [-0.2, -0.15) is 8.42 Å². The molecule has 0 aliphatic carbocycles. The summed E-state index contributed by atoms with van der Waals surface area (Å²) < 4.78 is 33.2. The summed E-state index contributed by atoms with van der Waals surface area (Å²) in [6, 6.07) is 1.34. The maximum absolute atomic E-state index is 12.4. The minimum atomic E-state index is -4.50. The summed E-state index contributed by atoms with van der Waals surface area (Å²) in [5.74, 6) is 0. The van der Waals surface area contributed by atoms with Crippen molar-refractivity contribution in [1.82, 2.24) is 0 Å². The topological polar surface area (TPSA) is 34.1 Å². The Hall–Kier alpha value is -0.420. The molecule has 0 radical (unpaired) electrons. The van der Waals surface area contributed by atoms with Crippen LogP contribution in [0.3, 0.4) is 0 Å². The van der Waals surface area contributed by atoms with Gasteiger partial charge in [-0.15, -0.1) is 15.2 Å². The van der Waals surface area contributed by atoms with E-state index in [9.17, 15) is 12.3 Å². The fourth-order valence-corrected chi connectivity index (χ4v) is 2.83. The molecule has 0 fully saturated rings. The smallest absolute Gasteiger partial charge is 0.189 e. The first-order valence-corrected chi connectivity index (χ1v) is 5.13. The summed E-state index contributed by atoms with van der Waals surface area (Å²) in [7, 11) is -4.50. The lowest BCUT2D eigenvalue weighted by Gasteiger charge is -1.88. The van der Waals surface area contributed by atoms with E-state index in [1.54, 1.807) is 13.8 Å². The predicted octanol–water partition coefficient (Wildman–Crippen LogP) is 2.02. The second-order valence-corrected chi connectivity index (χ2v) is 4.99. The Morgan fingerprint density at radius 2 is 2.00 bits per heavy atom. The van der Waals surface area contributed by atoms with E-state index in [0.717, 1.165) is 4.88 Å². The summed E-state index contributed by atoms with van der Waals surface area (Å²) in [4.78, 5) is 1.11. The van der Waals surface area contributed by atoms with Gasteiger partial charge in [0, 0.05) is 9.75 Å². The third kappa shape index (κ3) is 1.78. The molecule has 0 saturated carbocycles. The third-order valence-electron chi connectivity index (χ3n) is 1.26. The van der Waals surface area contributed by atoms with Gasteiger partial charge < -0.3 is 0 Å². The van der Waals surface area contributed by atoms with E-state index in [-0.39, 0.29) is 4.90 Å². The van der Waals surface area contributed by atoms with Crippen LogP contribution in [0.2, 0.25) is 0 Å². The Morgan fingerprint density at radius 3 is 2.18 bits per heavy atom. The third-order valence-corrected chi connectivity index (χ3v) is 3.30. The number of aryl methyl sites for hydroxylation is 2. The van der Waals surface area contributed by atoms with Crippen molar-refractivity contribution >= 4 is 21.6 Å². The minimum Gasteiger partial charge on any atom is -0.189 e. The van der Waals surface area contributed by atoms with Gasteiger partial charge >= 0.3 is 10.2 Å².